The lowest BCUT2D eigenvalue weighted by Gasteiger charge is -2.38. The molecule has 1 saturated carbocycles. The first kappa shape index (κ1) is 37.4. The van der Waals surface area contributed by atoms with Gasteiger partial charge >= 0.3 is 6.09 Å². The first-order valence-corrected chi connectivity index (χ1v) is 16.4. The van der Waals surface area contributed by atoms with Gasteiger partial charge in [-0.3, -0.25) is 24.0 Å². The predicted octanol–water partition coefficient (Wildman–Crippen LogP) is 4.21. The molecule has 47 heavy (non-hydrogen) atoms. The van der Waals surface area contributed by atoms with Crippen LogP contribution in [0.25, 0.3) is 0 Å². The van der Waals surface area contributed by atoms with Crippen molar-refractivity contribution in [2.45, 2.75) is 105 Å². The van der Waals surface area contributed by atoms with E-state index in [0.29, 0.717) is 24.9 Å². The van der Waals surface area contributed by atoms with E-state index in [0.717, 1.165) is 0 Å². The van der Waals surface area contributed by atoms with E-state index in [2.05, 4.69) is 22.5 Å². The van der Waals surface area contributed by atoms with Crippen molar-refractivity contribution < 1.29 is 33.5 Å². The Morgan fingerprint density at radius 1 is 1.02 bits per heavy atom. The van der Waals surface area contributed by atoms with Gasteiger partial charge in [0.25, 0.3) is 5.91 Å². The van der Waals surface area contributed by atoms with E-state index in [9.17, 15) is 28.8 Å². The highest BCUT2D eigenvalue weighted by molar-refractivity contribution is 6.38. The number of carbonyl (C=O) groups excluding carboxylic acids is 6. The van der Waals surface area contributed by atoms with Crippen molar-refractivity contribution >= 4 is 35.4 Å². The van der Waals surface area contributed by atoms with Gasteiger partial charge in [-0.25, -0.2) is 4.79 Å². The molecule has 1 aliphatic heterocycles. The predicted molar refractivity (Wildman–Crippen MR) is 178 cm³/mol. The maximum atomic E-state index is 14.1. The summed E-state index contributed by atoms with van der Waals surface area (Å²) < 4.78 is 5.42. The van der Waals surface area contributed by atoms with Crippen LogP contribution in [0.1, 0.15) is 91.4 Å². The lowest BCUT2D eigenvalue weighted by molar-refractivity contribution is -0.145. The van der Waals surface area contributed by atoms with Crippen molar-refractivity contribution in [1.82, 2.24) is 20.9 Å². The van der Waals surface area contributed by atoms with Crippen LogP contribution in [0.4, 0.5) is 4.79 Å². The third-order valence-electron chi connectivity index (χ3n) is 9.01. The van der Waals surface area contributed by atoms with Gasteiger partial charge in [-0.05, 0) is 62.7 Å². The summed E-state index contributed by atoms with van der Waals surface area (Å²) >= 11 is 0. The Bertz CT molecular complexity index is 1360. The van der Waals surface area contributed by atoms with Crippen LogP contribution in [0.2, 0.25) is 0 Å². The van der Waals surface area contributed by atoms with Crippen molar-refractivity contribution in [2.24, 2.45) is 22.7 Å². The molecule has 1 aromatic rings. The summed E-state index contributed by atoms with van der Waals surface area (Å²) in [6.07, 6.45) is 1.93. The lowest BCUT2D eigenvalue weighted by Crippen LogP contribution is -2.60. The molecule has 1 saturated heterocycles. The number of nitrogens with zero attached hydrogens (tertiary/aromatic N) is 1. The molecule has 5 unspecified atom stereocenters. The quantitative estimate of drug-likeness (QED) is 0.118. The Kier molecular flexibility index (Phi) is 11.8. The third-order valence-corrected chi connectivity index (χ3v) is 9.01. The summed E-state index contributed by atoms with van der Waals surface area (Å²) in [5, 5.41) is 8.07. The zero-order valence-corrected chi connectivity index (χ0v) is 29.1. The fourth-order valence-corrected chi connectivity index (χ4v) is 6.33. The lowest BCUT2D eigenvalue weighted by atomic mass is 9.85. The second-order valence-corrected chi connectivity index (χ2v) is 15.3. The molecule has 1 aliphatic carbocycles. The molecule has 1 heterocycles. The number of rotatable bonds is 14. The SMILES string of the molecule is C=CCCC(NC(=O)C1C2C(CN1C(=O)C(NC(=O)OC(C)(C)C)C(C)(C)C)C2(C)C)C(=O)C(=O)NCCCC(=O)c1ccccc1. The minimum absolute atomic E-state index is 0.0609. The van der Waals surface area contributed by atoms with Gasteiger partial charge in [-0.15, -0.1) is 6.58 Å². The number of nitrogens with one attached hydrogen (secondary N) is 3. The highest BCUT2D eigenvalue weighted by Crippen LogP contribution is 2.65. The van der Waals surface area contributed by atoms with E-state index in [4.69, 9.17) is 4.74 Å². The highest BCUT2D eigenvalue weighted by atomic mass is 16.6. The molecular formula is C36H52N4O7. The van der Waals surface area contributed by atoms with Crippen LogP contribution in [0, 0.1) is 22.7 Å². The van der Waals surface area contributed by atoms with Gasteiger partial charge in [0.15, 0.2) is 5.78 Å². The second-order valence-electron chi connectivity index (χ2n) is 15.3. The molecule has 0 aromatic heterocycles. The Labute approximate surface area is 278 Å². The van der Waals surface area contributed by atoms with Crippen LogP contribution in [0.5, 0.6) is 0 Å². The molecule has 258 valence electrons. The van der Waals surface area contributed by atoms with Crippen molar-refractivity contribution in [2.75, 3.05) is 13.1 Å². The zero-order chi connectivity index (χ0) is 35.3. The minimum atomic E-state index is -1.14. The average molecular weight is 653 g/mol. The number of piperidine rings is 1. The molecule has 2 aliphatic rings. The molecule has 3 rings (SSSR count). The summed E-state index contributed by atoms with van der Waals surface area (Å²) in [7, 11) is 0. The summed E-state index contributed by atoms with van der Waals surface area (Å²) in [4.78, 5) is 80.8. The number of alkyl carbamates (subject to hydrolysis) is 1. The number of hydrogen-bond donors (Lipinski definition) is 3. The van der Waals surface area contributed by atoms with Crippen LogP contribution in [0.3, 0.4) is 0 Å². The van der Waals surface area contributed by atoms with Gasteiger partial charge in [-0.2, -0.15) is 0 Å². The standard InChI is InChI=1S/C36H52N4O7/c1-10-11-18-24(28(42)31(44)37-20-15-19-25(41)22-16-13-12-14-17-22)38-30(43)27-26-23(36(26,8)9)21-40(27)32(45)29(34(2,3)4)39-33(46)47-35(5,6)7/h10,12-14,16-17,23-24,26-27,29H,1,11,15,18-21H2,2-9H3,(H,37,44)(H,38,43)(H,39,46). The van der Waals surface area contributed by atoms with Gasteiger partial charge in [-0.1, -0.05) is 71.0 Å². The minimum Gasteiger partial charge on any atom is -0.444 e. The topological polar surface area (TPSA) is 151 Å². The van der Waals surface area contributed by atoms with E-state index in [-0.39, 0.29) is 42.4 Å². The number of fused-ring (bicyclic) bond motifs is 1. The van der Waals surface area contributed by atoms with Crippen LogP contribution >= 0.6 is 0 Å². The van der Waals surface area contributed by atoms with Crippen molar-refractivity contribution in [3.63, 3.8) is 0 Å². The van der Waals surface area contributed by atoms with E-state index in [1.165, 1.54) is 4.90 Å². The van der Waals surface area contributed by atoms with Gasteiger partial charge in [0.2, 0.25) is 17.6 Å². The molecule has 5 atom stereocenters. The monoisotopic (exact) mass is 652 g/mol. The van der Waals surface area contributed by atoms with Crippen molar-refractivity contribution in [1.29, 1.82) is 0 Å². The first-order valence-electron chi connectivity index (χ1n) is 16.4. The van der Waals surface area contributed by atoms with Gasteiger partial charge in [0.05, 0.1) is 6.04 Å². The normalized spacial score (nSPS) is 21.0. The summed E-state index contributed by atoms with van der Waals surface area (Å²) in [5.41, 5.74) is -1.10. The molecule has 3 N–H and O–H groups in total. The number of benzene rings is 1. The fraction of sp³-hybridized carbons (Fsp3) is 0.611. The Morgan fingerprint density at radius 3 is 2.23 bits per heavy atom. The maximum Gasteiger partial charge on any atom is 0.408 e. The van der Waals surface area contributed by atoms with E-state index < -0.39 is 58.7 Å². The summed E-state index contributed by atoms with van der Waals surface area (Å²) in [5.74, 6) is -2.75. The number of likely N-dealkylation sites (tertiary alicyclic amines) is 1. The van der Waals surface area contributed by atoms with Crippen molar-refractivity contribution in [3.8, 4) is 0 Å². The molecule has 1 aromatic carbocycles. The molecule has 11 nitrogen and oxygen atoms in total. The molecule has 0 radical (unpaired) electrons. The fourth-order valence-electron chi connectivity index (χ4n) is 6.33. The molecule has 2 fully saturated rings. The van der Waals surface area contributed by atoms with Crippen LogP contribution in [-0.4, -0.2) is 77.1 Å². The van der Waals surface area contributed by atoms with E-state index in [1.54, 1.807) is 51.1 Å². The molecule has 4 amide bonds. The largest absolute Gasteiger partial charge is 0.444 e. The Morgan fingerprint density at radius 2 is 1.66 bits per heavy atom. The van der Waals surface area contributed by atoms with Gasteiger partial charge in [0, 0.05) is 25.1 Å². The molecule has 11 heteroatoms. The van der Waals surface area contributed by atoms with Gasteiger partial charge < -0.3 is 25.6 Å². The number of allylic oxidation sites excluding steroid dienone is 1. The summed E-state index contributed by atoms with van der Waals surface area (Å²) in [6, 6.07) is 5.82. The Hall–Kier alpha value is -4.02. The van der Waals surface area contributed by atoms with Crippen molar-refractivity contribution in [3.05, 3.63) is 48.6 Å². The maximum absolute atomic E-state index is 14.1. The molecule has 0 bridgehead atoms. The van der Waals surface area contributed by atoms with Crippen LogP contribution in [-0.2, 0) is 23.9 Å². The first-order chi connectivity index (χ1) is 21.8. The number of Topliss-reactive ketones (excluding diaryl/α,β-unsaturated/α-hetero) is 2. The van der Waals surface area contributed by atoms with Gasteiger partial charge in [0.1, 0.15) is 17.7 Å². The Balaban J connectivity index is 1.71. The number of amides is 4. The number of ether oxygens (including phenoxy) is 1. The number of hydrogen-bond acceptors (Lipinski definition) is 7. The number of carbonyl (C=O) groups is 6. The molecular weight excluding hydrogens is 600 g/mol. The van der Waals surface area contributed by atoms with Crippen LogP contribution in [0.15, 0.2) is 43.0 Å². The van der Waals surface area contributed by atoms with E-state index >= 15 is 0 Å². The average Bonchev–Trinajstić information content (AvgIpc) is 3.29. The van der Waals surface area contributed by atoms with Crippen LogP contribution < -0.4 is 16.0 Å². The number of ketones is 2. The summed E-state index contributed by atoms with van der Waals surface area (Å²) in [6.45, 7) is 18.9. The zero-order valence-electron chi connectivity index (χ0n) is 29.1. The smallest absolute Gasteiger partial charge is 0.408 e. The second kappa shape index (κ2) is 14.8. The highest BCUT2D eigenvalue weighted by Gasteiger charge is 2.70. The third kappa shape index (κ3) is 9.51. The molecule has 0 spiro atoms. The van der Waals surface area contributed by atoms with E-state index in [1.807, 2.05) is 40.7 Å².